The van der Waals surface area contributed by atoms with Gasteiger partial charge in [-0.25, -0.2) is 4.79 Å². The number of hydrogen-bond donors (Lipinski definition) is 3. The normalized spacial score (nSPS) is 6.89. The van der Waals surface area contributed by atoms with E-state index in [-0.39, 0.29) is 19.5 Å². The van der Waals surface area contributed by atoms with Crippen LogP contribution in [0.1, 0.15) is 0 Å². The van der Waals surface area contributed by atoms with Crippen LogP contribution in [0.3, 0.4) is 0 Å². The maximum absolute atomic E-state index is 9.00. The highest BCUT2D eigenvalue weighted by Crippen LogP contribution is 1.40. The summed E-state index contributed by atoms with van der Waals surface area (Å²) >= 11 is 0. The summed E-state index contributed by atoms with van der Waals surface area (Å²) in [6.07, 6.45) is -0.167. The minimum absolute atomic E-state index is 0.125. The minimum atomic E-state index is -1.43. The van der Waals surface area contributed by atoms with Gasteiger partial charge in [0.2, 0.25) is 6.29 Å². The van der Waals surface area contributed by atoms with Crippen LogP contribution in [0.4, 0.5) is 0 Å². The van der Waals surface area contributed by atoms with E-state index < -0.39 is 5.97 Å². The van der Waals surface area contributed by atoms with Gasteiger partial charge in [-0.1, -0.05) is 0 Å². The van der Waals surface area contributed by atoms with Gasteiger partial charge in [-0.3, -0.25) is 4.79 Å². The number of aldehydes is 1. The van der Waals surface area contributed by atoms with Crippen LogP contribution in [0, 0.1) is 0 Å². The fraction of sp³-hybridized carbons (Fsp3) is 0.500. The summed E-state index contributed by atoms with van der Waals surface area (Å²) in [4.78, 5) is 17.9. The lowest BCUT2D eigenvalue weighted by atomic mass is 10.8. The van der Waals surface area contributed by atoms with Gasteiger partial charge in [-0.05, 0) is 0 Å². The van der Waals surface area contributed by atoms with Crippen molar-refractivity contribution < 1.29 is 24.9 Å². The van der Waals surface area contributed by atoms with E-state index in [0.717, 1.165) is 0 Å². The topological polar surface area (TPSA) is 94.8 Å². The maximum atomic E-state index is 9.00. The van der Waals surface area contributed by atoms with E-state index >= 15 is 0 Å². The van der Waals surface area contributed by atoms with Crippen molar-refractivity contribution in [3.8, 4) is 0 Å². The fourth-order valence-corrected chi connectivity index (χ4v) is 0. The van der Waals surface area contributed by atoms with Crippen molar-refractivity contribution in [1.29, 1.82) is 0 Å². The second-order valence-corrected chi connectivity index (χ2v) is 0.903. The second-order valence-electron chi connectivity index (χ2n) is 0.903. The molecule has 5 nitrogen and oxygen atoms in total. The van der Waals surface area contributed by atoms with E-state index in [4.69, 9.17) is 24.9 Å². The van der Waals surface area contributed by atoms with Crippen LogP contribution in [-0.2, 0) is 9.59 Å². The fourth-order valence-electron chi connectivity index (χ4n) is 0. The highest BCUT2D eigenvalue weighted by Gasteiger charge is 1.80. The molecule has 0 fully saturated rings. The first-order chi connectivity index (χ1) is 4.18. The molecule has 0 spiro atoms. The highest BCUT2D eigenvalue weighted by molar-refractivity contribution is 6.19. The summed E-state index contributed by atoms with van der Waals surface area (Å²) in [6.45, 7) is -0.250. The summed E-state index contributed by atoms with van der Waals surface area (Å²) in [7, 11) is 0. The molecule has 5 heteroatoms. The number of aliphatic hydroxyl groups is 2. The molecule has 9 heavy (non-hydrogen) atoms. The van der Waals surface area contributed by atoms with Gasteiger partial charge in [0, 0.05) is 0 Å². The van der Waals surface area contributed by atoms with Crippen molar-refractivity contribution in [3.63, 3.8) is 0 Å². The van der Waals surface area contributed by atoms with E-state index in [0.29, 0.717) is 0 Å². The van der Waals surface area contributed by atoms with Gasteiger partial charge < -0.3 is 15.3 Å². The number of carbonyl (C=O) groups is 2. The monoisotopic (exact) mass is 136 g/mol. The third-order valence-corrected chi connectivity index (χ3v) is 0.201. The Morgan fingerprint density at radius 1 is 1.33 bits per heavy atom. The molecular weight excluding hydrogens is 128 g/mol. The van der Waals surface area contributed by atoms with Crippen LogP contribution < -0.4 is 0 Å². The lowest BCUT2D eigenvalue weighted by Crippen LogP contribution is -1.91. The molecule has 0 saturated heterocycles. The van der Waals surface area contributed by atoms with Crippen molar-refractivity contribution in [3.05, 3.63) is 0 Å². The van der Waals surface area contributed by atoms with Crippen molar-refractivity contribution in [2.24, 2.45) is 0 Å². The Bertz CT molecular complexity index is 77.0. The van der Waals surface area contributed by atoms with Gasteiger partial charge in [0.1, 0.15) is 0 Å². The highest BCUT2D eigenvalue weighted by atomic mass is 16.4. The average Bonchev–Trinajstić information content (AvgIpc) is 1.89. The lowest BCUT2D eigenvalue weighted by molar-refractivity contribution is -0.143. The zero-order valence-electron chi connectivity index (χ0n) is 4.65. The van der Waals surface area contributed by atoms with Gasteiger partial charge in [-0.2, -0.15) is 0 Å². The molecule has 0 aromatic carbocycles. The van der Waals surface area contributed by atoms with Gasteiger partial charge in [0.05, 0.1) is 13.2 Å². The average molecular weight is 136 g/mol. The number of aliphatic hydroxyl groups excluding tert-OH is 2. The van der Waals surface area contributed by atoms with Crippen molar-refractivity contribution >= 4 is 12.3 Å². The summed E-state index contributed by atoms with van der Waals surface area (Å²) in [5.74, 6) is -1.43. The quantitative estimate of drug-likeness (QED) is 0.309. The maximum Gasteiger partial charge on any atom is 0.368 e. The van der Waals surface area contributed by atoms with Gasteiger partial charge >= 0.3 is 5.97 Å². The molecule has 3 N–H and O–H groups in total. The largest absolute Gasteiger partial charge is 0.476 e. The van der Waals surface area contributed by atoms with E-state index in [1.807, 2.05) is 0 Å². The minimum Gasteiger partial charge on any atom is -0.476 e. The molecule has 0 aliphatic rings. The predicted octanol–water partition coefficient (Wildman–Crippen LogP) is -1.76. The standard InChI is InChI=1S/C2H2O3.C2H6O2/c3-1-2(4)5;3-1-2-4/h1H,(H,4,5);3-4H,1-2H2. The lowest BCUT2D eigenvalue weighted by Gasteiger charge is -1.70. The number of carbonyl (C=O) groups excluding carboxylic acids is 1. The van der Waals surface area contributed by atoms with Crippen molar-refractivity contribution in [2.75, 3.05) is 13.2 Å². The van der Waals surface area contributed by atoms with E-state index in [9.17, 15) is 0 Å². The van der Waals surface area contributed by atoms with Crippen LogP contribution in [0.2, 0.25) is 0 Å². The summed E-state index contributed by atoms with van der Waals surface area (Å²) in [6, 6.07) is 0. The number of aliphatic carboxylic acids is 1. The Hall–Kier alpha value is -0.940. The van der Waals surface area contributed by atoms with Gasteiger partial charge in [0.25, 0.3) is 0 Å². The number of hydrogen-bond acceptors (Lipinski definition) is 4. The van der Waals surface area contributed by atoms with Crippen LogP contribution in [0.25, 0.3) is 0 Å². The Labute approximate surface area is 51.5 Å². The second kappa shape index (κ2) is 10.1. The molecule has 0 aliphatic carbocycles. The third-order valence-electron chi connectivity index (χ3n) is 0.201. The summed E-state index contributed by atoms with van der Waals surface area (Å²) < 4.78 is 0. The third kappa shape index (κ3) is 42.6. The zero-order valence-corrected chi connectivity index (χ0v) is 4.65. The van der Waals surface area contributed by atoms with Crippen molar-refractivity contribution in [2.45, 2.75) is 0 Å². The SMILES string of the molecule is O=CC(=O)O.OCCO. The first-order valence-corrected chi connectivity index (χ1v) is 2.08. The number of carboxylic acid groups (broad SMARTS) is 1. The van der Waals surface area contributed by atoms with Crippen LogP contribution in [0.15, 0.2) is 0 Å². The van der Waals surface area contributed by atoms with Gasteiger partial charge in [0.15, 0.2) is 0 Å². The van der Waals surface area contributed by atoms with Crippen LogP contribution >= 0.6 is 0 Å². The molecule has 0 atom stereocenters. The summed E-state index contributed by atoms with van der Waals surface area (Å²) in [5.41, 5.74) is 0. The Morgan fingerprint density at radius 3 is 1.56 bits per heavy atom. The molecule has 0 heterocycles. The molecule has 0 aromatic rings. The Morgan fingerprint density at radius 2 is 1.56 bits per heavy atom. The van der Waals surface area contributed by atoms with Crippen molar-refractivity contribution in [1.82, 2.24) is 0 Å². The molecule has 0 saturated carbocycles. The molecule has 0 amide bonds. The van der Waals surface area contributed by atoms with E-state index in [1.165, 1.54) is 0 Å². The molecule has 0 radical (unpaired) electrons. The molecule has 0 aliphatic heterocycles. The molecule has 0 bridgehead atoms. The van der Waals surface area contributed by atoms with Gasteiger partial charge in [-0.15, -0.1) is 0 Å². The molecule has 0 unspecified atom stereocenters. The summed E-state index contributed by atoms with van der Waals surface area (Å²) in [5, 5.41) is 22.6. The molecular formula is C4H8O5. The molecule has 0 aromatic heterocycles. The van der Waals surface area contributed by atoms with Crippen LogP contribution in [0.5, 0.6) is 0 Å². The molecule has 0 rings (SSSR count). The smallest absolute Gasteiger partial charge is 0.368 e. The number of carboxylic acids is 1. The van der Waals surface area contributed by atoms with Crippen LogP contribution in [-0.4, -0.2) is 40.8 Å². The molecule has 54 valence electrons. The Kier molecular flexibility index (Phi) is 12.3. The first-order valence-electron chi connectivity index (χ1n) is 2.08. The zero-order chi connectivity index (χ0) is 7.70. The Balaban J connectivity index is 0. The first kappa shape index (κ1) is 10.9. The van der Waals surface area contributed by atoms with E-state index in [2.05, 4.69) is 0 Å². The predicted molar refractivity (Wildman–Crippen MR) is 27.9 cm³/mol. The number of rotatable bonds is 2. The van der Waals surface area contributed by atoms with E-state index in [1.54, 1.807) is 0 Å².